The molecule has 1 fully saturated rings. The number of carbonyl (C=O) groups is 1. The average molecular weight is 216 g/mol. The van der Waals surface area contributed by atoms with Crippen LogP contribution in [-0.4, -0.2) is 31.9 Å². The zero-order valence-corrected chi connectivity index (χ0v) is 9.24. The largest absolute Gasteiger partial charge is 0.430 e. The van der Waals surface area contributed by atoms with E-state index in [0.717, 1.165) is 0 Å². The van der Waals surface area contributed by atoms with Crippen LogP contribution in [0, 0.1) is 0 Å². The second kappa shape index (κ2) is 4.74. The van der Waals surface area contributed by atoms with Gasteiger partial charge in [0.05, 0.1) is 0 Å². The summed E-state index contributed by atoms with van der Waals surface area (Å²) >= 11 is 0. The second-order valence-electron chi connectivity index (χ2n) is 3.29. The van der Waals surface area contributed by atoms with Crippen molar-refractivity contribution in [3.63, 3.8) is 0 Å². The third-order valence-electron chi connectivity index (χ3n) is 2.15. The lowest BCUT2D eigenvalue weighted by atomic mass is 10.2. The number of esters is 1. The summed E-state index contributed by atoms with van der Waals surface area (Å²) in [6, 6.07) is 0. The summed E-state index contributed by atoms with van der Waals surface area (Å²) in [6.45, 7) is 7.16. The molecular formula is C10H16O5. The first-order valence-corrected chi connectivity index (χ1v) is 4.76. The summed E-state index contributed by atoms with van der Waals surface area (Å²) in [5.74, 6) is -1.59. The highest BCUT2D eigenvalue weighted by atomic mass is 16.9. The fraction of sp³-hybridized carbons (Fsp3) is 0.700. The molecular weight excluding hydrogens is 200 g/mol. The lowest BCUT2D eigenvalue weighted by Crippen LogP contribution is -2.30. The fourth-order valence-electron chi connectivity index (χ4n) is 1.04. The Hall–Kier alpha value is -0.910. The molecule has 0 amide bonds. The van der Waals surface area contributed by atoms with Crippen molar-refractivity contribution in [2.75, 3.05) is 13.7 Å². The molecule has 86 valence electrons. The first-order chi connectivity index (χ1) is 7.00. The topological polar surface area (TPSA) is 54.0 Å². The molecule has 2 unspecified atom stereocenters. The summed E-state index contributed by atoms with van der Waals surface area (Å²) in [4.78, 5) is 11.3. The Labute approximate surface area is 88.9 Å². The summed E-state index contributed by atoms with van der Waals surface area (Å²) in [7, 11) is 1.45. The molecule has 0 radical (unpaired) electrons. The van der Waals surface area contributed by atoms with Gasteiger partial charge in [-0.3, -0.25) is 4.74 Å². The van der Waals surface area contributed by atoms with Crippen molar-refractivity contribution < 1.29 is 23.7 Å². The van der Waals surface area contributed by atoms with Crippen molar-refractivity contribution in [2.24, 2.45) is 0 Å². The molecule has 1 heterocycles. The van der Waals surface area contributed by atoms with Gasteiger partial charge in [-0.05, 0) is 6.42 Å². The van der Waals surface area contributed by atoms with Crippen LogP contribution in [0.2, 0.25) is 0 Å². The van der Waals surface area contributed by atoms with E-state index in [1.165, 1.54) is 7.11 Å². The van der Waals surface area contributed by atoms with Crippen molar-refractivity contribution >= 4 is 5.97 Å². The monoisotopic (exact) mass is 216 g/mol. The van der Waals surface area contributed by atoms with E-state index in [2.05, 4.69) is 6.58 Å². The molecule has 1 saturated heterocycles. The van der Waals surface area contributed by atoms with E-state index in [1.807, 2.05) is 6.92 Å². The molecule has 0 bridgehead atoms. The Kier molecular flexibility index (Phi) is 3.84. The van der Waals surface area contributed by atoms with Gasteiger partial charge in [-0.15, -0.1) is 0 Å². The molecule has 0 spiro atoms. The van der Waals surface area contributed by atoms with Gasteiger partial charge in [0.1, 0.15) is 6.61 Å². The average Bonchev–Trinajstić information content (AvgIpc) is 2.60. The van der Waals surface area contributed by atoms with Gasteiger partial charge in [-0.1, -0.05) is 13.5 Å². The molecule has 1 aliphatic rings. The molecule has 1 aliphatic heterocycles. The minimum absolute atomic E-state index is 0.160. The van der Waals surface area contributed by atoms with E-state index < -0.39 is 18.2 Å². The van der Waals surface area contributed by atoms with Gasteiger partial charge in [-0.25, -0.2) is 4.79 Å². The molecule has 15 heavy (non-hydrogen) atoms. The van der Waals surface area contributed by atoms with Crippen molar-refractivity contribution in [2.45, 2.75) is 32.5 Å². The standard InChI is InChI=1S/C10H16O5/c1-5-7(2)9(11)14-8-6-13-10(3,12-4)15-8/h8H,2,5-6H2,1,3-4H3. The van der Waals surface area contributed by atoms with Crippen LogP contribution >= 0.6 is 0 Å². The zero-order valence-electron chi connectivity index (χ0n) is 9.24. The van der Waals surface area contributed by atoms with Gasteiger partial charge in [0.15, 0.2) is 0 Å². The second-order valence-corrected chi connectivity index (χ2v) is 3.29. The number of hydrogen-bond donors (Lipinski definition) is 0. The molecule has 0 aromatic heterocycles. The zero-order chi connectivity index (χ0) is 11.5. The summed E-state index contributed by atoms with van der Waals surface area (Å²) < 4.78 is 20.3. The highest BCUT2D eigenvalue weighted by Crippen LogP contribution is 2.24. The predicted octanol–water partition coefficient (Wildman–Crippen LogP) is 1.19. The van der Waals surface area contributed by atoms with E-state index in [4.69, 9.17) is 18.9 Å². The van der Waals surface area contributed by atoms with Crippen LogP contribution in [0.15, 0.2) is 12.2 Å². The van der Waals surface area contributed by atoms with Gasteiger partial charge in [0, 0.05) is 19.6 Å². The first kappa shape index (κ1) is 12.2. The maximum atomic E-state index is 11.3. The first-order valence-electron chi connectivity index (χ1n) is 4.76. The predicted molar refractivity (Wildman–Crippen MR) is 51.8 cm³/mol. The highest BCUT2D eigenvalue weighted by molar-refractivity contribution is 5.87. The SMILES string of the molecule is C=C(CC)C(=O)OC1COC(C)(OC)O1. The number of methoxy groups -OCH3 is 1. The minimum atomic E-state index is -1.13. The molecule has 2 atom stereocenters. The summed E-state index contributed by atoms with van der Waals surface area (Å²) in [6.07, 6.45) is -0.181. The normalized spacial score (nSPS) is 30.2. The van der Waals surface area contributed by atoms with Crippen molar-refractivity contribution in [1.82, 2.24) is 0 Å². The molecule has 0 aromatic rings. The summed E-state index contributed by atoms with van der Waals surface area (Å²) in [5.41, 5.74) is 0.407. The minimum Gasteiger partial charge on any atom is -0.430 e. The van der Waals surface area contributed by atoms with Crippen LogP contribution in [0.3, 0.4) is 0 Å². The van der Waals surface area contributed by atoms with Gasteiger partial charge in [0.25, 0.3) is 5.97 Å². The molecule has 0 saturated carbocycles. The van der Waals surface area contributed by atoms with Gasteiger partial charge >= 0.3 is 5.97 Å². The molecule has 0 aromatic carbocycles. The van der Waals surface area contributed by atoms with Crippen molar-refractivity contribution in [3.8, 4) is 0 Å². The molecule has 0 N–H and O–H groups in total. The van der Waals surface area contributed by atoms with Crippen molar-refractivity contribution in [3.05, 3.63) is 12.2 Å². The Morgan fingerprint density at radius 1 is 1.67 bits per heavy atom. The maximum Gasteiger partial charge on any atom is 0.335 e. The number of rotatable bonds is 4. The fourth-order valence-corrected chi connectivity index (χ4v) is 1.04. The van der Waals surface area contributed by atoms with Crippen LogP contribution in [0.25, 0.3) is 0 Å². The maximum absolute atomic E-state index is 11.3. The smallest absolute Gasteiger partial charge is 0.335 e. The highest BCUT2D eigenvalue weighted by Gasteiger charge is 2.39. The molecule has 5 heteroatoms. The van der Waals surface area contributed by atoms with Crippen LogP contribution in [0.4, 0.5) is 0 Å². The molecule has 0 aliphatic carbocycles. The molecule has 1 rings (SSSR count). The third kappa shape index (κ3) is 3.02. The van der Waals surface area contributed by atoms with E-state index >= 15 is 0 Å². The van der Waals surface area contributed by atoms with Crippen LogP contribution in [0.5, 0.6) is 0 Å². The Morgan fingerprint density at radius 2 is 2.33 bits per heavy atom. The number of hydrogen-bond acceptors (Lipinski definition) is 5. The van der Waals surface area contributed by atoms with Gasteiger partial charge in [0.2, 0.25) is 6.29 Å². The van der Waals surface area contributed by atoms with E-state index in [0.29, 0.717) is 12.0 Å². The Balaban J connectivity index is 2.43. The van der Waals surface area contributed by atoms with E-state index in [9.17, 15) is 4.79 Å². The summed E-state index contributed by atoms with van der Waals surface area (Å²) in [5, 5.41) is 0. The van der Waals surface area contributed by atoms with Crippen LogP contribution < -0.4 is 0 Å². The quantitative estimate of drug-likeness (QED) is 0.522. The third-order valence-corrected chi connectivity index (χ3v) is 2.15. The van der Waals surface area contributed by atoms with Crippen molar-refractivity contribution in [1.29, 1.82) is 0 Å². The lowest BCUT2D eigenvalue weighted by molar-refractivity contribution is -0.326. The van der Waals surface area contributed by atoms with E-state index in [1.54, 1.807) is 6.92 Å². The van der Waals surface area contributed by atoms with E-state index in [-0.39, 0.29) is 6.61 Å². The van der Waals surface area contributed by atoms with Gasteiger partial charge < -0.3 is 14.2 Å². The van der Waals surface area contributed by atoms with Crippen LogP contribution in [-0.2, 0) is 23.7 Å². The van der Waals surface area contributed by atoms with Gasteiger partial charge in [-0.2, -0.15) is 0 Å². The van der Waals surface area contributed by atoms with Crippen LogP contribution in [0.1, 0.15) is 20.3 Å². The lowest BCUT2D eigenvalue weighted by Gasteiger charge is -2.20. The number of carbonyl (C=O) groups excluding carboxylic acids is 1. The Bertz CT molecular complexity index is 263. The number of ether oxygens (including phenoxy) is 4. The molecule has 5 nitrogen and oxygen atoms in total. The Morgan fingerprint density at radius 3 is 2.80 bits per heavy atom.